The average Bonchev–Trinajstić information content (AvgIpc) is 2.52. The van der Waals surface area contributed by atoms with Crippen LogP contribution >= 0.6 is 0 Å². The van der Waals surface area contributed by atoms with Crippen molar-refractivity contribution in [2.75, 3.05) is 0 Å². The van der Waals surface area contributed by atoms with Crippen molar-refractivity contribution in [1.82, 2.24) is 5.32 Å². The third-order valence-corrected chi connectivity index (χ3v) is 3.32. The van der Waals surface area contributed by atoms with Gasteiger partial charge in [0.05, 0.1) is 5.56 Å². The first-order chi connectivity index (χ1) is 11.7. The summed E-state index contributed by atoms with van der Waals surface area (Å²) >= 11 is 0. The maximum absolute atomic E-state index is 14.1. The van der Waals surface area contributed by atoms with Crippen molar-refractivity contribution in [2.45, 2.75) is 32.9 Å². The highest BCUT2D eigenvalue weighted by Gasteiger charge is 2.15. The fourth-order valence-electron chi connectivity index (χ4n) is 2.17. The number of hydrogen-bond donors (Lipinski definition) is 2. The molecule has 6 heteroatoms. The van der Waals surface area contributed by atoms with Gasteiger partial charge < -0.3 is 15.2 Å². The molecule has 132 valence electrons. The molecule has 0 unspecified atom stereocenters. The first-order valence-corrected chi connectivity index (χ1v) is 7.75. The molecule has 0 aliphatic carbocycles. The molecule has 0 saturated heterocycles. The molecule has 0 radical (unpaired) electrons. The lowest BCUT2D eigenvalue weighted by Gasteiger charge is -2.19. The molecule has 0 aromatic heterocycles. The third kappa shape index (κ3) is 5.31. The van der Waals surface area contributed by atoms with Crippen LogP contribution in [-0.4, -0.2) is 22.8 Å². The van der Waals surface area contributed by atoms with E-state index in [-0.39, 0.29) is 12.1 Å². The van der Waals surface area contributed by atoms with Crippen LogP contribution in [-0.2, 0) is 11.3 Å². The Morgan fingerprint density at radius 1 is 1.12 bits per heavy atom. The van der Waals surface area contributed by atoms with Crippen molar-refractivity contribution in [1.29, 1.82) is 0 Å². The molecule has 0 bridgehead atoms. The molecule has 0 aliphatic rings. The van der Waals surface area contributed by atoms with Crippen molar-refractivity contribution < 1.29 is 23.8 Å². The summed E-state index contributed by atoms with van der Waals surface area (Å²) in [6.07, 6.45) is -0.508. The van der Waals surface area contributed by atoms with Crippen molar-refractivity contribution in [3.63, 3.8) is 0 Å². The number of amides is 1. The van der Waals surface area contributed by atoms with E-state index in [1.165, 1.54) is 12.1 Å². The summed E-state index contributed by atoms with van der Waals surface area (Å²) in [6.45, 7) is 5.64. The molecule has 0 saturated carbocycles. The van der Waals surface area contributed by atoms with E-state index in [0.29, 0.717) is 11.1 Å². The summed E-state index contributed by atoms with van der Waals surface area (Å²) in [5.41, 5.74) is 1.11. The molecule has 0 aliphatic heterocycles. The van der Waals surface area contributed by atoms with Crippen LogP contribution in [0.2, 0.25) is 0 Å². The molecule has 1 amide bonds. The Balaban J connectivity index is 2.05. The predicted octanol–water partition coefficient (Wildman–Crippen LogP) is 4.22. The van der Waals surface area contributed by atoms with Crippen LogP contribution < -0.4 is 5.32 Å². The molecule has 0 fully saturated rings. The first-order valence-electron chi connectivity index (χ1n) is 7.75. The van der Waals surface area contributed by atoms with Gasteiger partial charge in [-0.3, -0.25) is 0 Å². The number of alkyl carbamates (subject to hydrolysis) is 1. The highest BCUT2D eigenvalue weighted by molar-refractivity contribution is 5.88. The van der Waals surface area contributed by atoms with Crippen molar-refractivity contribution in [2.24, 2.45) is 0 Å². The number of halogens is 1. The Hall–Kier alpha value is -2.89. The molecule has 5 nitrogen and oxygen atoms in total. The fourth-order valence-corrected chi connectivity index (χ4v) is 2.17. The lowest BCUT2D eigenvalue weighted by atomic mass is 10.0. The molecule has 25 heavy (non-hydrogen) atoms. The van der Waals surface area contributed by atoms with Gasteiger partial charge in [-0.25, -0.2) is 14.0 Å². The number of hydrogen-bond acceptors (Lipinski definition) is 3. The lowest BCUT2D eigenvalue weighted by Crippen LogP contribution is -2.32. The Labute approximate surface area is 145 Å². The van der Waals surface area contributed by atoms with Crippen LogP contribution in [0.3, 0.4) is 0 Å². The van der Waals surface area contributed by atoms with Crippen molar-refractivity contribution >= 4 is 12.1 Å². The van der Waals surface area contributed by atoms with E-state index in [2.05, 4.69) is 5.32 Å². The van der Waals surface area contributed by atoms with Crippen LogP contribution in [0.15, 0.2) is 42.5 Å². The highest BCUT2D eigenvalue weighted by atomic mass is 19.1. The molecule has 2 aromatic carbocycles. The fraction of sp³-hybridized carbons (Fsp3) is 0.263. The third-order valence-electron chi connectivity index (χ3n) is 3.32. The van der Waals surface area contributed by atoms with Crippen LogP contribution in [0.4, 0.5) is 9.18 Å². The minimum absolute atomic E-state index is 0.0977. The van der Waals surface area contributed by atoms with Crippen LogP contribution in [0, 0.1) is 5.82 Å². The zero-order valence-electron chi connectivity index (χ0n) is 14.3. The molecular weight excluding hydrogens is 325 g/mol. The maximum Gasteiger partial charge on any atom is 0.407 e. The van der Waals surface area contributed by atoms with Crippen molar-refractivity contribution in [3.05, 3.63) is 59.4 Å². The Morgan fingerprint density at radius 2 is 1.76 bits per heavy atom. The number of aromatic carboxylic acids is 1. The van der Waals surface area contributed by atoms with E-state index in [9.17, 15) is 14.0 Å². The standard InChI is InChI=1S/C19H20FNO4/c1-19(2,3)25-18(24)21-11-12-4-6-13(7-5-12)15-9-8-14(17(22)23)10-16(15)20/h4-10H,11H2,1-3H3,(H,21,24)(H,22,23). The van der Waals surface area contributed by atoms with Gasteiger partial charge in [0, 0.05) is 12.1 Å². The number of carboxylic acids is 1. The Kier molecular flexibility index (Phi) is 5.41. The average molecular weight is 345 g/mol. The normalized spacial score (nSPS) is 11.0. The van der Waals surface area contributed by atoms with Gasteiger partial charge in [-0.2, -0.15) is 0 Å². The number of rotatable bonds is 4. The molecule has 2 aromatic rings. The Morgan fingerprint density at radius 3 is 2.28 bits per heavy atom. The second-order valence-electron chi connectivity index (χ2n) is 6.55. The summed E-state index contributed by atoms with van der Waals surface area (Å²) in [4.78, 5) is 22.5. The summed E-state index contributed by atoms with van der Waals surface area (Å²) in [5, 5.41) is 11.5. The minimum atomic E-state index is -1.17. The van der Waals surface area contributed by atoms with Gasteiger partial charge in [0.2, 0.25) is 0 Å². The summed E-state index contributed by atoms with van der Waals surface area (Å²) in [6, 6.07) is 10.7. The quantitative estimate of drug-likeness (QED) is 0.870. The SMILES string of the molecule is CC(C)(C)OC(=O)NCc1ccc(-c2ccc(C(=O)O)cc2F)cc1. The highest BCUT2D eigenvalue weighted by Crippen LogP contribution is 2.24. The maximum atomic E-state index is 14.1. The van der Waals surface area contributed by atoms with Gasteiger partial charge in [-0.05, 0) is 44.0 Å². The second-order valence-corrected chi connectivity index (χ2v) is 6.55. The molecule has 0 heterocycles. The van der Waals surface area contributed by atoms with Crippen LogP contribution in [0.1, 0.15) is 36.7 Å². The van der Waals surface area contributed by atoms with E-state index in [0.717, 1.165) is 11.6 Å². The van der Waals surface area contributed by atoms with E-state index in [1.807, 2.05) is 0 Å². The van der Waals surface area contributed by atoms with Gasteiger partial charge in [0.15, 0.2) is 0 Å². The lowest BCUT2D eigenvalue weighted by molar-refractivity contribution is 0.0523. The smallest absolute Gasteiger partial charge is 0.407 e. The topological polar surface area (TPSA) is 75.6 Å². The van der Waals surface area contributed by atoms with E-state index >= 15 is 0 Å². The predicted molar refractivity (Wildman–Crippen MR) is 91.9 cm³/mol. The van der Waals surface area contributed by atoms with Crippen LogP contribution in [0.5, 0.6) is 0 Å². The summed E-state index contributed by atoms with van der Waals surface area (Å²) in [5.74, 6) is -1.77. The zero-order valence-corrected chi connectivity index (χ0v) is 14.3. The number of nitrogens with one attached hydrogen (secondary N) is 1. The Bertz CT molecular complexity index is 779. The van der Waals surface area contributed by atoms with E-state index in [1.54, 1.807) is 45.0 Å². The molecule has 0 atom stereocenters. The molecule has 2 rings (SSSR count). The molecule has 2 N–H and O–H groups in total. The summed E-state index contributed by atoms with van der Waals surface area (Å²) in [7, 11) is 0. The van der Waals surface area contributed by atoms with Gasteiger partial charge in [-0.1, -0.05) is 30.3 Å². The first kappa shape index (κ1) is 18.4. The monoisotopic (exact) mass is 345 g/mol. The molecule has 0 spiro atoms. The number of carboxylic acid groups (broad SMARTS) is 1. The van der Waals surface area contributed by atoms with Gasteiger partial charge >= 0.3 is 12.1 Å². The van der Waals surface area contributed by atoms with E-state index < -0.39 is 23.5 Å². The van der Waals surface area contributed by atoms with E-state index in [4.69, 9.17) is 9.84 Å². The van der Waals surface area contributed by atoms with Gasteiger partial charge in [0.25, 0.3) is 0 Å². The molecular formula is C19H20FNO4. The van der Waals surface area contributed by atoms with Gasteiger partial charge in [0.1, 0.15) is 11.4 Å². The zero-order chi connectivity index (χ0) is 18.6. The van der Waals surface area contributed by atoms with Gasteiger partial charge in [-0.15, -0.1) is 0 Å². The second kappa shape index (κ2) is 7.34. The number of carbonyl (C=O) groups is 2. The number of ether oxygens (including phenoxy) is 1. The van der Waals surface area contributed by atoms with Crippen molar-refractivity contribution in [3.8, 4) is 11.1 Å². The van der Waals surface area contributed by atoms with Crippen LogP contribution in [0.25, 0.3) is 11.1 Å². The summed E-state index contributed by atoms with van der Waals surface area (Å²) < 4.78 is 19.2. The number of carbonyl (C=O) groups excluding carboxylic acids is 1. The minimum Gasteiger partial charge on any atom is -0.478 e. The number of benzene rings is 2. The largest absolute Gasteiger partial charge is 0.478 e.